The molecule has 0 N–H and O–H groups in total. The van der Waals surface area contributed by atoms with Crippen LogP contribution in [0.25, 0.3) is 33.2 Å². The van der Waals surface area contributed by atoms with Gasteiger partial charge in [-0.15, -0.1) is 0 Å². The number of hydrogen-bond acceptors (Lipinski definition) is 8. The molecule has 0 atom stereocenters. The number of benzene rings is 2. The molecule has 0 unspecified atom stereocenters. The molecule has 6 rings (SSSR count). The predicted octanol–water partition coefficient (Wildman–Crippen LogP) is 4.64. The minimum Gasteiger partial charge on any atom is -0.497 e. The third kappa shape index (κ3) is 5.11. The average Bonchev–Trinajstić information content (AvgIpc) is 3.29. The van der Waals surface area contributed by atoms with Crippen LogP contribution in [0.4, 0.5) is 5.69 Å². The van der Waals surface area contributed by atoms with Crippen molar-refractivity contribution in [3.8, 4) is 17.0 Å². The molecule has 0 bridgehead atoms. The Kier molecular flexibility index (Phi) is 6.86. The zero-order chi connectivity index (χ0) is 28.7. The molecule has 0 aliphatic carbocycles. The van der Waals surface area contributed by atoms with E-state index in [-0.39, 0.29) is 11.5 Å². The van der Waals surface area contributed by atoms with Crippen molar-refractivity contribution in [3.63, 3.8) is 0 Å². The summed E-state index contributed by atoms with van der Waals surface area (Å²) in [5.74, 6) is 0.550. The highest BCUT2D eigenvalue weighted by atomic mass is 32.2. The molecule has 1 aliphatic heterocycles. The predicted molar refractivity (Wildman–Crippen MR) is 160 cm³/mol. The Balaban J connectivity index is 1.59. The summed E-state index contributed by atoms with van der Waals surface area (Å²) in [5, 5.41) is 0.883. The summed E-state index contributed by atoms with van der Waals surface area (Å²) in [4.78, 5) is 24.8. The van der Waals surface area contributed by atoms with E-state index in [9.17, 15) is 13.2 Å². The summed E-state index contributed by atoms with van der Waals surface area (Å²) in [6.07, 6.45) is 1.75. The molecule has 3 aromatic heterocycles. The van der Waals surface area contributed by atoms with Crippen molar-refractivity contribution in [1.82, 2.24) is 14.5 Å². The molecular weight excluding hydrogens is 540 g/mol. The van der Waals surface area contributed by atoms with Crippen molar-refractivity contribution < 1.29 is 22.7 Å². The number of ether oxygens (including phenoxy) is 2. The Bertz CT molecular complexity index is 1870. The van der Waals surface area contributed by atoms with Gasteiger partial charge in [0.1, 0.15) is 5.75 Å². The van der Waals surface area contributed by atoms with Gasteiger partial charge in [-0.3, -0.25) is 4.98 Å². The number of aromatic nitrogens is 3. The first-order valence-electron chi connectivity index (χ1n) is 13.3. The van der Waals surface area contributed by atoms with Gasteiger partial charge in [0.2, 0.25) is 0 Å². The number of pyridine rings is 2. The number of rotatable bonds is 6. The first kappa shape index (κ1) is 26.8. The Morgan fingerprint density at radius 3 is 2.39 bits per heavy atom. The van der Waals surface area contributed by atoms with Crippen LogP contribution in [-0.4, -0.2) is 67.7 Å². The van der Waals surface area contributed by atoms with E-state index in [2.05, 4.69) is 20.5 Å². The highest BCUT2D eigenvalue weighted by Gasteiger charge is 2.25. The van der Waals surface area contributed by atoms with E-state index in [1.807, 2.05) is 55.5 Å². The molecule has 9 nitrogen and oxygen atoms in total. The van der Waals surface area contributed by atoms with E-state index in [1.54, 1.807) is 19.4 Å². The summed E-state index contributed by atoms with van der Waals surface area (Å²) >= 11 is 0. The maximum absolute atomic E-state index is 13.2. The van der Waals surface area contributed by atoms with E-state index in [4.69, 9.17) is 14.5 Å². The number of aryl methyl sites for hydroxylation is 1. The van der Waals surface area contributed by atoms with Gasteiger partial charge >= 0.3 is 5.97 Å². The quantitative estimate of drug-likeness (QED) is 0.272. The molecule has 0 amide bonds. The summed E-state index contributed by atoms with van der Waals surface area (Å²) in [6, 6.07) is 19.5. The number of sulfone groups is 1. The molecule has 1 saturated heterocycles. The van der Waals surface area contributed by atoms with Crippen LogP contribution in [0.15, 0.2) is 66.9 Å². The topological polar surface area (TPSA) is 104 Å². The van der Waals surface area contributed by atoms with Crippen LogP contribution in [0.5, 0.6) is 5.75 Å². The minimum atomic E-state index is -3.02. The lowest BCUT2D eigenvalue weighted by atomic mass is 10.1. The molecule has 0 radical (unpaired) electrons. The summed E-state index contributed by atoms with van der Waals surface area (Å²) in [5.41, 5.74) is 6.89. The number of esters is 1. The number of nitrogens with zero attached hydrogens (tertiary/aromatic N) is 4. The zero-order valence-electron chi connectivity index (χ0n) is 23.1. The summed E-state index contributed by atoms with van der Waals surface area (Å²) in [7, 11) is -0.0115. The number of carbonyl (C=O) groups excluding carboxylic acids is 1. The van der Waals surface area contributed by atoms with Crippen molar-refractivity contribution in [2.45, 2.75) is 13.5 Å². The minimum absolute atomic E-state index is 0.127. The van der Waals surface area contributed by atoms with Crippen LogP contribution in [0.1, 0.15) is 21.6 Å². The lowest BCUT2D eigenvalue weighted by Crippen LogP contribution is -2.40. The van der Waals surface area contributed by atoms with Gasteiger partial charge in [-0.2, -0.15) is 0 Å². The SMILES string of the molecule is COC(=O)c1cc(-c2ccc(C)nc2)nc2c3ccc(N4CCS(=O)(=O)CC4)cc3n(Cc3ccc(OC)cc3)c12. The molecule has 41 heavy (non-hydrogen) atoms. The van der Waals surface area contributed by atoms with Crippen LogP contribution >= 0.6 is 0 Å². The Hall–Kier alpha value is -4.44. The fourth-order valence-electron chi connectivity index (χ4n) is 5.34. The molecule has 0 saturated carbocycles. The standard InChI is InChI=1S/C31H30N4O5S/c1-20-4-7-22(18-32-20)27-17-26(31(36)40-3)30-29(33-27)25-11-8-23(34-12-14-41(37,38)15-13-34)16-28(25)35(30)19-21-5-9-24(39-2)10-6-21/h4-11,16-18H,12-15,19H2,1-3H3. The zero-order valence-corrected chi connectivity index (χ0v) is 23.9. The van der Waals surface area contributed by atoms with Gasteiger partial charge in [0.15, 0.2) is 9.84 Å². The number of anilines is 1. The molecule has 5 aromatic rings. The van der Waals surface area contributed by atoms with E-state index in [1.165, 1.54) is 7.11 Å². The van der Waals surface area contributed by atoms with Crippen molar-refractivity contribution in [2.24, 2.45) is 0 Å². The third-order valence-electron chi connectivity index (χ3n) is 7.61. The molecule has 1 fully saturated rings. The van der Waals surface area contributed by atoms with Crippen LogP contribution in [0.3, 0.4) is 0 Å². The van der Waals surface area contributed by atoms with E-state index < -0.39 is 15.8 Å². The first-order valence-corrected chi connectivity index (χ1v) is 15.1. The number of fused-ring (bicyclic) bond motifs is 3. The normalized spacial score (nSPS) is 14.9. The molecule has 10 heteroatoms. The monoisotopic (exact) mass is 570 g/mol. The third-order valence-corrected chi connectivity index (χ3v) is 9.22. The van der Waals surface area contributed by atoms with Crippen molar-refractivity contribution in [3.05, 3.63) is 83.7 Å². The van der Waals surface area contributed by atoms with Gasteiger partial charge in [0, 0.05) is 48.2 Å². The summed E-state index contributed by atoms with van der Waals surface area (Å²) < 4.78 is 36.8. The molecule has 4 heterocycles. The average molecular weight is 571 g/mol. The molecular formula is C31H30N4O5S. The second-order valence-corrected chi connectivity index (χ2v) is 12.5. The second kappa shape index (κ2) is 10.5. The maximum Gasteiger partial charge on any atom is 0.340 e. The van der Waals surface area contributed by atoms with Crippen LogP contribution in [-0.2, 0) is 21.1 Å². The largest absolute Gasteiger partial charge is 0.497 e. The van der Waals surface area contributed by atoms with Crippen molar-refractivity contribution in [2.75, 3.05) is 43.7 Å². The van der Waals surface area contributed by atoms with Gasteiger partial charge in [-0.1, -0.05) is 12.1 Å². The Labute approximate surface area is 238 Å². The fraction of sp³-hybridized carbons (Fsp3) is 0.258. The van der Waals surface area contributed by atoms with Crippen LogP contribution in [0, 0.1) is 6.92 Å². The fourth-order valence-corrected chi connectivity index (χ4v) is 6.54. The second-order valence-electron chi connectivity index (χ2n) is 10.2. The molecule has 1 aliphatic rings. The lowest BCUT2D eigenvalue weighted by molar-refractivity contribution is 0.0602. The lowest BCUT2D eigenvalue weighted by Gasteiger charge is -2.28. The highest BCUT2D eigenvalue weighted by molar-refractivity contribution is 7.91. The van der Waals surface area contributed by atoms with Crippen molar-refractivity contribution >= 4 is 43.4 Å². The summed E-state index contributed by atoms with van der Waals surface area (Å²) in [6.45, 7) is 3.26. The van der Waals surface area contributed by atoms with Gasteiger partial charge in [0.25, 0.3) is 0 Å². The Morgan fingerprint density at radius 2 is 1.73 bits per heavy atom. The van der Waals surface area contributed by atoms with Gasteiger partial charge in [-0.25, -0.2) is 18.2 Å². The van der Waals surface area contributed by atoms with Crippen LogP contribution in [0.2, 0.25) is 0 Å². The number of carbonyl (C=O) groups is 1. The van der Waals surface area contributed by atoms with Gasteiger partial charge in [-0.05, 0) is 61.0 Å². The maximum atomic E-state index is 13.2. The van der Waals surface area contributed by atoms with E-state index >= 15 is 0 Å². The van der Waals surface area contributed by atoms with Gasteiger partial charge in [0.05, 0.1) is 53.5 Å². The van der Waals surface area contributed by atoms with E-state index in [0.717, 1.165) is 39.2 Å². The van der Waals surface area contributed by atoms with Crippen molar-refractivity contribution in [1.29, 1.82) is 0 Å². The molecule has 0 spiro atoms. The van der Waals surface area contributed by atoms with E-state index in [0.29, 0.717) is 41.9 Å². The number of methoxy groups -OCH3 is 2. The molecule has 210 valence electrons. The van der Waals surface area contributed by atoms with Gasteiger partial charge < -0.3 is 18.9 Å². The highest BCUT2D eigenvalue weighted by Crippen LogP contribution is 2.36. The number of hydrogen-bond donors (Lipinski definition) is 0. The van der Waals surface area contributed by atoms with Crippen LogP contribution < -0.4 is 9.64 Å². The smallest absolute Gasteiger partial charge is 0.340 e. The Morgan fingerprint density at radius 1 is 0.976 bits per heavy atom. The first-order chi connectivity index (χ1) is 19.8. The molecule has 2 aromatic carbocycles.